The van der Waals surface area contributed by atoms with Crippen molar-refractivity contribution in [2.75, 3.05) is 41.0 Å². The van der Waals surface area contributed by atoms with Crippen LogP contribution in [-0.4, -0.2) is 51.8 Å². The zero-order chi connectivity index (χ0) is 19.9. The Hall–Kier alpha value is -2.73. The first kappa shape index (κ1) is 20.0. The van der Waals surface area contributed by atoms with Crippen molar-refractivity contribution in [1.29, 1.82) is 0 Å². The van der Waals surface area contributed by atoms with Gasteiger partial charge in [0.1, 0.15) is 17.2 Å². The molecule has 3 rings (SSSR count). The standard InChI is InChI=1S/C22H28N2O4/c1-26-17-8-6-16(7-9-17)20(24-12-4-5-13-24)15-23-22(25)19-11-10-18(27-2)14-21(19)28-3/h6-11,14,20H,4-5,12-13,15H2,1-3H3,(H,23,25). The number of nitrogens with one attached hydrogen (secondary N) is 1. The molecule has 0 spiro atoms. The third kappa shape index (κ3) is 4.57. The van der Waals surface area contributed by atoms with Crippen LogP contribution in [0.4, 0.5) is 0 Å². The molecule has 0 bridgehead atoms. The summed E-state index contributed by atoms with van der Waals surface area (Å²) in [5.41, 5.74) is 1.67. The smallest absolute Gasteiger partial charge is 0.255 e. The number of carbonyl (C=O) groups excluding carboxylic acids is 1. The predicted molar refractivity (Wildman–Crippen MR) is 108 cm³/mol. The van der Waals surface area contributed by atoms with Crippen LogP contribution in [0.25, 0.3) is 0 Å². The molecule has 1 atom stereocenters. The summed E-state index contributed by atoms with van der Waals surface area (Å²) in [6, 6.07) is 13.4. The summed E-state index contributed by atoms with van der Waals surface area (Å²) in [7, 11) is 4.80. The minimum Gasteiger partial charge on any atom is -0.497 e. The first-order valence-electron chi connectivity index (χ1n) is 9.54. The van der Waals surface area contributed by atoms with Crippen molar-refractivity contribution in [3.8, 4) is 17.2 Å². The molecule has 6 nitrogen and oxygen atoms in total. The molecule has 1 saturated heterocycles. The molecule has 28 heavy (non-hydrogen) atoms. The Kier molecular flexibility index (Phi) is 6.76. The Morgan fingerprint density at radius 3 is 2.21 bits per heavy atom. The van der Waals surface area contributed by atoms with Crippen molar-refractivity contribution in [2.45, 2.75) is 18.9 Å². The fourth-order valence-corrected chi connectivity index (χ4v) is 3.61. The average Bonchev–Trinajstić information content (AvgIpc) is 3.28. The number of hydrogen-bond donors (Lipinski definition) is 1. The predicted octanol–water partition coefficient (Wildman–Crippen LogP) is 3.28. The average molecular weight is 384 g/mol. The highest BCUT2D eigenvalue weighted by Crippen LogP contribution is 2.27. The van der Waals surface area contributed by atoms with Crippen LogP contribution in [0.2, 0.25) is 0 Å². The lowest BCUT2D eigenvalue weighted by atomic mass is 10.0. The summed E-state index contributed by atoms with van der Waals surface area (Å²) >= 11 is 0. The largest absolute Gasteiger partial charge is 0.497 e. The highest BCUT2D eigenvalue weighted by Gasteiger charge is 2.24. The molecule has 0 radical (unpaired) electrons. The molecule has 1 N–H and O–H groups in total. The number of benzene rings is 2. The van der Waals surface area contributed by atoms with Crippen LogP contribution in [0.3, 0.4) is 0 Å². The Balaban J connectivity index is 1.75. The summed E-state index contributed by atoms with van der Waals surface area (Å²) in [6.45, 7) is 2.61. The molecular formula is C22H28N2O4. The van der Waals surface area contributed by atoms with Crippen molar-refractivity contribution in [3.05, 3.63) is 53.6 Å². The molecule has 1 heterocycles. The number of rotatable bonds is 8. The van der Waals surface area contributed by atoms with Gasteiger partial charge in [0, 0.05) is 12.6 Å². The van der Waals surface area contributed by atoms with Gasteiger partial charge in [0.2, 0.25) is 0 Å². The molecule has 1 amide bonds. The van der Waals surface area contributed by atoms with Crippen molar-refractivity contribution in [1.82, 2.24) is 10.2 Å². The monoisotopic (exact) mass is 384 g/mol. The van der Waals surface area contributed by atoms with Gasteiger partial charge in [0.05, 0.1) is 32.9 Å². The lowest BCUT2D eigenvalue weighted by molar-refractivity contribution is 0.0935. The second-order valence-corrected chi connectivity index (χ2v) is 6.81. The number of carbonyl (C=O) groups is 1. The maximum absolute atomic E-state index is 12.8. The number of methoxy groups -OCH3 is 3. The van der Waals surface area contributed by atoms with Crippen LogP contribution in [0.5, 0.6) is 17.2 Å². The molecule has 0 aromatic heterocycles. The maximum Gasteiger partial charge on any atom is 0.255 e. The van der Waals surface area contributed by atoms with Crippen molar-refractivity contribution >= 4 is 5.91 Å². The lowest BCUT2D eigenvalue weighted by Crippen LogP contribution is -2.36. The SMILES string of the molecule is COc1ccc(C(CNC(=O)c2ccc(OC)cc2OC)N2CCCC2)cc1. The van der Waals surface area contributed by atoms with Crippen molar-refractivity contribution < 1.29 is 19.0 Å². The molecule has 2 aromatic carbocycles. The third-order valence-electron chi connectivity index (χ3n) is 5.19. The van der Waals surface area contributed by atoms with E-state index in [9.17, 15) is 4.79 Å². The van der Waals surface area contributed by atoms with Crippen LogP contribution in [0, 0.1) is 0 Å². The van der Waals surface area contributed by atoms with Gasteiger partial charge in [0.25, 0.3) is 5.91 Å². The van der Waals surface area contributed by atoms with E-state index in [1.807, 2.05) is 12.1 Å². The summed E-state index contributed by atoms with van der Waals surface area (Å²) in [6.07, 6.45) is 2.37. The second-order valence-electron chi connectivity index (χ2n) is 6.81. The Morgan fingerprint density at radius 1 is 0.964 bits per heavy atom. The van der Waals surface area contributed by atoms with Gasteiger partial charge < -0.3 is 19.5 Å². The summed E-state index contributed by atoms with van der Waals surface area (Å²) in [5, 5.41) is 3.08. The van der Waals surface area contributed by atoms with Gasteiger partial charge in [-0.1, -0.05) is 12.1 Å². The van der Waals surface area contributed by atoms with Crippen LogP contribution in [0.1, 0.15) is 34.8 Å². The molecular weight excluding hydrogens is 356 g/mol. The Morgan fingerprint density at radius 2 is 1.61 bits per heavy atom. The van der Waals surface area contributed by atoms with E-state index >= 15 is 0 Å². The normalized spacial score (nSPS) is 15.1. The van der Waals surface area contributed by atoms with E-state index < -0.39 is 0 Å². The highest BCUT2D eigenvalue weighted by molar-refractivity contribution is 5.97. The van der Waals surface area contributed by atoms with Gasteiger partial charge in [-0.25, -0.2) is 0 Å². The molecule has 0 aliphatic carbocycles. The first-order chi connectivity index (χ1) is 13.7. The maximum atomic E-state index is 12.8. The number of amides is 1. The zero-order valence-electron chi connectivity index (χ0n) is 16.7. The molecule has 1 unspecified atom stereocenters. The number of nitrogens with zero attached hydrogens (tertiary/aromatic N) is 1. The number of hydrogen-bond acceptors (Lipinski definition) is 5. The van der Waals surface area contributed by atoms with Gasteiger partial charge in [-0.2, -0.15) is 0 Å². The van der Waals surface area contributed by atoms with Crippen LogP contribution in [0.15, 0.2) is 42.5 Å². The van der Waals surface area contributed by atoms with Gasteiger partial charge in [-0.3, -0.25) is 9.69 Å². The molecule has 1 aliphatic heterocycles. The first-order valence-corrected chi connectivity index (χ1v) is 9.54. The minimum absolute atomic E-state index is 0.126. The number of ether oxygens (including phenoxy) is 3. The Bertz CT molecular complexity index is 786. The molecule has 2 aromatic rings. The molecule has 150 valence electrons. The van der Waals surface area contributed by atoms with Gasteiger partial charge in [0.15, 0.2) is 0 Å². The summed E-state index contributed by atoms with van der Waals surface area (Å²) in [4.78, 5) is 15.2. The topological polar surface area (TPSA) is 60.0 Å². The van der Waals surface area contributed by atoms with Gasteiger partial charge in [-0.15, -0.1) is 0 Å². The van der Waals surface area contributed by atoms with E-state index in [1.165, 1.54) is 18.4 Å². The van der Waals surface area contributed by atoms with E-state index in [4.69, 9.17) is 14.2 Å². The molecule has 1 aliphatic rings. The van der Waals surface area contributed by atoms with Gasteiger partial charge >= 0.3 is 0 Å². The fourth-order valence-electron chi connectivity index (χ4n) is 3.61. The number of likely N-dealkylation sites (tertiary alicyclic amines) is 1. The summed E-state index contributed by atoms with van der Waals surface area (Å²) in [5.74, 6) is 1.83. The van der Waals surface area contributed by atoms with Gasteiger partial charge in [-0.05, 0) is 55.8 Å². The third-order valence-corrected chi connectivity index (χ3v) is 5.19. The van der Waals surface area contributed by atoms with E-state index in [2.05, 4.69) is 22.3 Å². The van der Waals surface area contributed by atoms with E-state index in [0.29, 0.717) is 23.6 Å². The van der Waals surface area contributed by atoms with Crippen molar-refractivity contribution in [2.24, 2.45) is 0 Å². The van der Waals surface area contributed by atoms with E-state index in [1.54, 1.807) is 39.5 Å². The second kappa shape index (κ2) is 9.46. The highest BCUT2D eigenvalue weighted by atomic mass is 16.5. The molecule has 1 fully saturated rings. The minimum atomic E-state index is -0.155. The van der Waals surface area contributed by atoms with Crippen LogP contribution >= 0.6 is 0 Å². The van der Waals surface area contributed by atoms with E-state index in [-0.39, 0.29) is 11.9 Å². The van der Waals surface area contributed by atoms with E-state index in [0.717, 1.165) is 18.8 Å². The lowest BCUT2D eigenvalue weighted by Gasteiger charge is -2.28. The molecule has 6 heteroatoms. The Labute approximate surface area is 166 Å². The quantitative estimate of drug-likeness (QED) is 0.757. The zero-order valence-corrected chi connectivity index (χ0v) is 16.7. The van der Waals surface area contributed by atoms with Crippen LogP contribution in [-0.2, 0) is 0 Å². The summed E-state index contributed by atoms with van der Waals surface area (Å²) < 4.78 is 15.8. The van der Waals surface area contributed by atoms with Crippen LogP contribution < -0.4 is 19.5 Å². The van der Waals surface area contributed by atoms with Crippen molar-refractivity contribution in [3.63, 3.8) is 0 Å². The molecule has 0 saturated carbocycles. The fraction of sp³-hybridized carbons (Fsp3) is 0.409.